The van der Waals surface area contributed by atoms with Gasteiger partial charge in [0.25, 0.3) is 0 Å². The number of hydrogen-bond donors (Lipinski definition) is 0. The van der Waals surface area contributed by atoms with Crippen molar-refractivity contribution in [2.45, 2.75) is 284 Å². The third kappa shape index (κ3) is 39.2. The Balaban J connectivity index is 3.84. The first-order valence-electron chi connectivity index (χ1n) is 24.7. The van der Waals surface area contributed by atoms with Gasteiger partial charge in [-0.25, -0.2) is 0 Å². The number of unbranched alkanes of at least 4 members (excludes halogenated alkanes) is 35. The van der Waals surface area contributed by atoms with Gasteiger partial charge in [-0.1, -0.05) is 245 Å². The highest BCUT2D eigenvalue weighted by molar-refractivity contribution is 5.74. The van der Waals surface area contributed by atoms with Crippen molar-refractivity contribution in [3.05, 3.63) is 0 Å². The van der Waals surface area contributed by atoms with E-state index in [0.717, 1.165) is 51.2 Å². The molecule has 0 spiro atoms. The minimum absolute atomic E-state index is 0.225. The fraction of sp³-hybridized carbons (Fsp3) is 0.940. The van der Waals surface area contributed by atoms with Crippen LogP contribution >= 0.6 is 0 Å². The van der Waals surface area contributed by atoms with Crippen LogP contribution < -0.4 is 0 Å². The van der Waals surface area contributed by atoms with Crippen molar-refractivity contribution < 1.29 is 23.9 Å². The van der Waals surface area contributed by atoms with Crippen LogP contribution in [-0.4, -0.2) is 31.4 Å². The number of carbonyl (C=O) groups excluding carboxylic acids is 3. The van der Waals surface area contributed by atoms with E-state index in [-0.39, 0.29) is 29.9 Å². The molecule has 326 valence electrons. The van der Waals surface area contributed by atoms with E-state index in [2.05, 4.69) is 6.92 Å². The lowest BCUT2D eigenvalue weighted by Gasteiger charge is -2.25. The maximum absolute atomic E-state index is 12.8. The predicted octanol–water partition coefficient (Wildman–Crippen LogP) is 16.2. The highest BCUT2D eigenvalue weighted by Crippen LogP contribution is 2.25. The van der Waals surface area contributed by atoms with E-state index in [0.29, 0.717) is 0 Å². The third-order valence-electron chi connectivity index (χ3n) is 12.0. The maximum atomic E-state index is 12.8. The summed E-state index contributed by atoms with van der Waals surface area (Å²) in [6, 6.07) is 0. The number of ether oxygens (including phenoxy) is 2. The highest BCUT2D eigenvalue weighted by Gasteiger charge is 2.31. The van der Waals surface area contributed by atoms with Gasteiger partial charge in [0.05, 0.1) is 13.0 Å². The van der Waals surface area contributed by atoms with Crippen LogP contribution in [0, 0.1) is 11.8 Å². The maximum Gasteiger partial charge on any atom is 0.312 e. The lowest BCUT2D eigenvalue weighted by molar-refractivity contribution is -0.160. The van der Waals surface area contributed by atoms with Gasteiger partial charge in [0, 0.05) is 12.8 Å². The van der Waals surface area contributed by atoms with E-state index in [9.17, 15) is 14.4 Å². The monoisotopic (exact) mass is 777 g/mol. The molecule has 0 aromatic carbocycles. The molecular weight excluding hydrogens is 681 g/mol. The zero-order chi connectivity index (χ0) is 40.3. The number of carbonyl (C=O) groups is 3. The van der Waals surface area contributed by atoms with Gasteiger partial charge < -0.3 is 14.3 Å². The largest absolute Gasteiger partial charge is 0.469 e. The molecule has 0 aliphatic rings. The summed E-state index contributed by atoms with van der Waals surface area (Å²) in [5, 5.41) is 0. The summed E-state index contributed by atoms with van der Waals surface area (Å²) in [5.74, 6) is -0.633. The Morgan fingerprint density at radius 3 is 0.982 bits per heavy atom. The van der Waals surface area contributed by atoms with Crippen molar-refractivity contribution in [3.8, 4) is 0 Å². The van der Waals surface area contributed by atoms with E-state index >= 15 is 0 Å². The second kappa shape index (κ2) is 43.7. The fourth-order valence-corrected chi connectivity index (χ4v) is 8.31. The summed E-state index contributed by atoms with van der Waals surface area (Å²) in [6.07, 6.45) is 52.4. The molecule has 3 atom stereocenters. The molecule has 0 fully saturated rings. The van der Waals surface area contributed by atoms with Crippen molar-refractivity contribution in [3.63, 3.8) is 0 Å². The normalized spacial score (nSPS) is 13.1. The molecule has 0 aliphatic heterocycles. The molecule has 0 saturated heterocycles. The Kier molecular flexibility index (Phi) is 42.6. The first kappa shape index (κ1) is 53.6. The average Bonchev–Trinajstić information content (AvgIpc) is 3.18. The summed E-state index contributed by atoms with van der Waals surface area (Å²) in [5.41, 5.74) is 0. The zero-order valence-electron chi connectivity index (χ0n) is 37.6. The number of methoxy groups -OCH3 is 1. The van der Waals surface area contributed by atoms with Crippen LogP contribution in [0.4, 0.5) is 0 Å². The van der Waals surface area contributed by atoms with Crippen LogP contribution in [0.1, 0.15) is 278 Å². The summed E-state index contributed by atoms with van der Waals surface area (Å²) in [6.45, 7) is 5.77. The molecule has 0 heterocycles. The molecule has 0 saturated carbocycles. The van der Waals surface area contributed by atoms with Gasteiger partial charge in [-0.2, -0.15) is 0 Å². The first-order chi connectivity index (χ1) is 27.0. The number of hydrogen-bond acceptors (Lipinski definition) is 5. The molecule has 0 aromatic heterocycles. The first-order valence-corrected chi connectivity index (χ1v) is 24.7. The number of rotatable bonds is 45. The Bertz CT molecular complexity index is 812. The van der Waals surface area contributed by atoms with Crippen molar-refractivity contribution >= 4 is 18.2 Å². The number of aldehydes is 1. The summed E-state index contributed by atoms with van der Waals surface area (Å²) >= 11 is 0. The highest BCUT2D eigenvalue weighted by atomic mass is 16.6. The summed E-state index contributed by atoms with van der Waals surface area (Å²) in [4.78, 5) is 35.4. The topological polar surface area (TPSA) is 69.7 Å². The van der Waals surface area contributed by atoms with Crippen LogP contribution in [0.2, 0.25) is 0 Å². The second-order valence-corrected chi connectivity index (χ2v) is 17.5. The third-order valence-corrected chi connectivity index (χ3v) is 12.0. The molecule has 55 heavy (non-hydrogen) atoms. The van der Waals surface area contributed by atoms with Crippen molar-refractivity contribution in [2.24, 2.45) is 11.8 Å². The van der Waals surface area contributed by atoms with Gasteiger partial charge in [0.1, 0.15) is 12.4 Å². The van der Waals surface area contributed by atoms with Crippen LogP contribution in [0.5, 0.6) is 0 Å². The molecule has 5 heteroatoms. The summed E-state index contributed by atoms with van der Waals surface area (Å²) in [7, 11) is 1.46. The van der Waals surface area contributed by atoms with Crippen LogP contribution in [0.3, 0.4) is 0 Å². The Morgan fingerprint density at radius 1 is 0.436 bits per heavy atom. The van der Waals surface area contributed by atoms with Gasteiger partial charge in [0.15, 0.2) is 0 Å². The van der Waals surface area contributed by atoms with Crippen molar-refractivity contribution in [2.75, 3.05) is 7.11 Å². The average molecular weight is 777 g/mol. The van der Waals surface area contributed by atoms with Gasteiger partial charge in [-0.05, 0) is 25.7 Å². The second-order valence-electron chi connectivity index (χ2n) is 17.5. The van der Waals surface area contributed by atoms with E-state index in [1.807, 2.05) is 6.92 Å². The molecule has 0 bridgehead atoms. The molecule has 0 amide bonds. The summed E-state index contributed by atoms with van der Waals surface area (Å²) < 4.78 is 10.9. The molecule has 0 N–H and O–H groups in total. The van der Waals surface area contributed by atoms with E-state index in [1.165, 1.54) is 226 Å². The van der Waals surface area contributed by atoms with E-state index in [4.69, 9.17) is 9.47 Å². The van der Waals surface area contributed by atoms with Gasteiger partial charge >= 0.3 is 11.9 Å². The predicted molar refractivity (Wildman–Crippen MR) is 237 cm³/mol. The van der Waals surface area contributed by atoms with Crippen molar-refractivity contribution in [1.29, 1.82) is 0 Å². The molecule has 5 nitrogen and oxygen atoms in total. The number of esters is 2. The molecule has 0 rings (SSSR count). The lowest BCUT2D eigenvalue weighted by Crippen LogP contribution is -2.33. The Labute approximate surface area is 343 Å². The Morgan fingerprint density at radius 2 is 0.709 bits per heavy atom. The van der Waals surface area contributed by atoms with Crippen LogP contribution in [0.15, 0.2) is 0 Å². The molecule has 0 aromatic rings. The SMILES string of the molecule is CCCCCCCCCCCCCCCCCCCCCC[C@@H](C(=O)OC)[C@@H](CCCCCCCCCCCCCCCCCCCC(C)C=O)OC(C)=O. The Hall–Kier alpha value is -1.39. The van der Waals surface area contributed by atoms with Gasteiger partial charge in [-0.3, -0.25) is 9.59 Å². The molecular formula is C50H96O5. The van der Waals surface area contributed by atoms with Gasteiger partial charge in [-0.15, -0.1) is 0 Å². The molecule has 1 unspecified atom stereocenters. The lowest BCUT2D eigenvalue weighted by atomic mass is 9.91. The van der Waals surface area contributed by atoms with Crippen LogP contribution in [-0.2, 0) is 23.9 Å². The fourth-order valence-electron chi connectivity index (χ4n) is 8.31. The van der Waals surface area contributed by atoms with Gasteiger partial charge in [0.2, 0.25) is 0 Å². The minimum Gasteiger partial charge on any atom is -0.469 e. The molecule has 0 aliphatic carbocycles. The smallest absolute Gasteiger partial charge is 0.312 e. The zero-order valence-corrected chi connectivity index (χ0v) is 37.6. The molecule has 0 radical (unpaired) electrons. The quantitative estimate of drug-likeness (QED) is 0.0350. The van der Waals surface area contributed by atoms with E-state index in [1.54, 1.807) is 0 Å². The van der Waals surface area contributed by atoms with Crippen LogP contribution in [0.25, 0.3) is 0 Å². The standard InChI is InChI=1S/C50H96O5/c1-5-6-7-8-9-10-11-12-13-14-15-16-19-22-25-28-31-34-37-40-43-48(50(53)54-4)49(55-47(3)52)44-41-38-35-32-29-26-23-20-17-18-21-24-27-30-33-36-39-42-46(2)45-51/h45-46,48-49H,5-44H2,1-4H3/t46?,48-,49-/m1/s1. The van der Waals surface area contributed by atoms with Crippen molar-refractivity contribution in [1.82, 2.24) is 0 Å². The van der Waals surface area contributed by atoms with E-state index < -0.39 is 0 Å². The minimum atomic E-state index is -0.367.